The van der Waals surface area contributed by atoms with Crippen molar-refractivity contribution in [3.05, 3.63) is 95.3 Å². The third-order valence-corrected chi connectivity index (χ3v) is 4.44. The number of hydrogen-bond acceptors (Lipinski definition) is 5. The van der Waals surface area contributed by atoms with E-state index in [1.165, 1.54) is 12.3 Å². The van der Waals surface area contributed by atoms with Gasteiger partial charge in [0.05, 0.1) is 10.9 Å². The Labute approximate surface area is 167 Å². The van der Waals surface area contributed by atoms with Gasteiger partial charge < -0.3 is 13.9 Å². The van der Waals surface area contributed by atoms with Gasteiger partial charge in [-0.25, -0.2) is 4.79 Å². The number of rotatable bonds is 5. The molecule has 3 aromatic carbocycles. The van der Waals surface area contributed by atoms with Crippen LogP contribution in [-0.2, 0) is 4.79 Å². The molecule has 0 amide bonds. The normalized spacial score (nSPS) is 11.8. The lowest BCUT2D eigenvalue weighted by Gasteiger charge is -2.13. The van der Waals surface area contributed by atoms with Crippen LogP contribution in [0.15, 0.2) is 94.3 Å². The number of benzene rings is 3. The van der Waals surface area contributed by atoms with E-state index in [0.717, 1.165) is 5.56 Å². The molecule has 4 rings (SSSR count). The molecule has 4 aromatic rings. The average Bonchev–Trinajstić information content (AvgIpc) is 2.75. The van der Waals surface area contributed by atoms with Crippen LogP contribution in [0, 0.1) is 0 Å². The number of carbonyl (C=O) groups is 1. The third kappa shape index (κ3) is 4.04. The van der Waals surface area contributed by atoms with Crippen molar-refractivity contribution in [3.63, 3.8) is 0 Å². The molecule has 0 N–H and O–H groups in total. The number of ether oxygens (including phenoxy) is 2. The van der Waals surface area contributed by atoms with E-state index in [0.29, 0.717) is 22.3 Å². The fourth-order valence-corrected chi connectivity index (χ4v) is 2.94. The van der Waals surface area contributed by atoms with E-state index in [1.807, 2.05) is 48.5 Å². The smallest absolute Gasteiger partial charge is 0.352 e. The second-order valence-electron chi connectivity index (χ2n) is 6.50. The maximum atomic E-state index is 12.8. The van der Waals surface area contributed by atoms with Gasteiger partial charge in [-0.1, -0.05) is 48.5 Å². The Hall–Kier alpha value is -3.86. The maximum Gasteiger partial charge on any atom is 0.352 e. The van der Waals surface area contributed by atoms with Crippen LogP contribution in [0.4, 0.5) is 0 Å². The zero-order valence-corrected chi connectivity index (χ0v) is 15.7. The molecule has 0 unspecified atom stereocenters. The molecule has 0 aliphatic rings. The van der Waals surface area contributed by atoms with E-state index in [-0.39, 0.29) is 11.2 Å². The first-order valence-corrected chi connectivity index (χ1v) is 9.16. The molecule has 0 aliphatic carbocycles. The molecule has 0 spiro atoms. The van der Waals surface area contributed by atoms with Gasteiger partial charge in [0.25, 0.3) is 0 Å². The zero-order chi connectivity index (χ0) is 20.2. The molecule has 0 saturated carbocycles. The molecular formula is C24H18O5. The summed E-state index contributed by atoms with van der Waals surface area (Å²) < 4.78 is 16.6. The molecule has 144 valence electrons. The highest BCUT2D eigenvalue weighted by atomic mass is 16.6. The first-order chi connectivity index (χ1) is 14.1. The molecule has 5 heteroatoms. The van der Waals surface area contributed by atoms with Crippen LogP contribution in [0.2, 0.25) is 0 Å². The molecule has 0 radical (unpaired) electrons. The quantitative estimate of drug-likeness (QED) is 0.363. The van der Waals surface area contributed by atoms with E-state index >= 15 is 0 Å². The molecule has 29 heavy (non-hydrogen) atoms. The summed E-state index contributed by atoms with van der Waals surface area (Å²) in [7, 11) is 0. The summed E-state index contributed by atoms with van der Waals surface area (Å²) >= 11 is 0. The summed E-state index contributed by atoms with van der Waals surface area (Å²) in [6, 6.07) is 23.0. The van der Waals surface area contributed by atoms with Crippen LogP contribution in [0.3, 0.4) is 0 Å². The van der Waals surface area contributed by atoms with Crippen molar-refractivity contribution in [3.8, 4) is 22.6 Å². The highest BCUT2D eigenvalue weighted by molar-refractivity contribution is 5.84. The minimum Gasteiger partial charge on any atom is -0.479 e. The highest BCUT2D eigenvalue weighted by Crippen LogP contribution is 2.23. The van der Waals surface area contributed by atoms with Crippen LogP contribution in [0.5, 0.6) is 11.5 Å². The predicted molar refractivity (Wildman–Crippen MR) is 110 cm³/mol. The summed E-state index contributed by atoms with van der Waals surface area (Å²) in [5.41, 5.74) is 1.46. The second-order valence-corrected chi connectivity index (χ2v) is 6.50. The third-order valence-electron chi connectivity index (χ3n) is 4.44. The summed E-state index contributed by atoms with van der Waals surface area (Å²) in [6.07, 6.45) is 0.632. The van der Waals surface area contributed by atoms with Gasteiger partial charge in [-0.15, -0.1) is 0 Å². The Bertz CT molecular complexity index is 1200. The monoisotopic (exact) mass is 386 g/mol. The van der Waals surface area contributed by atoms with Crippen LogP contribution >= 0.6 is 0 Å². The fraction of sp³-hybridized carbons (Fsp3) is 0.0833. The Balaban J connectivity index is 1.55. The van der Waals surface area contributed by atoms with Gasteiger partial charge in [-0.05, 0) is 36.8 Å². The van der Waals surface area contributed by atoms with E-state index in [1.54, 1.807) is 31.2 Å². The summed E-state index contributed by atoms with van der Waals surface area (Å²) in [6.45, 7) is 1.61. The van der Waals surface area contributed by atoms with Gasteiger partial charge in [0.15, 0.2) is 11.5 Å². The van der Waals surface area contributed by atoms with Crippen molar-refractivity contribution in [1.82, 2.24) is 0 Å². The van der Waals surface area contributed by atoms with Crippen LogP contribution < -0.4 is 14.9 Å². The van der Waals surface area contributed by atoms with Gasteiger partial charge >= 0.3 is 5.97 Å². The van der Waals surface area contributed by atoms with Crippen LogP contribution in [-0.4, -0.2) is 12.1 Å². The molecule has 5 nitrogen and oxygen atoms in total. The Morgan fingerprint density at radius 2 is 1.59 bits per heavy atom. The number of hydrogen-bond donors (Lipinski definition) is 0. The lowest BCUT2D eigenvalue weighted by Crippen LogP contribution is -2.28. The largest absolute Gasteiger partial charge is 0.479 e. The molecule has 0 fully saturated rings. The van der Waals surface area contributed by atoms with Gasteiger partial charge in [0.2, 0.25) is 0 Å². The average molecular weight is 386 g/mol. The summed E-state index contributed by atoms with van der Waals surface area (Å²) in [5.74, 6) is 0.313. The first-order valence-electron chi connectivity index (χ1n) is 9.16. The lowest BCUT2D eigenvalue weighted by molar-refractivity contribution is -0.141. The van der Waals surface area contributed by atoms with Crippen LogP contribution in [0.25, 0.3) is 22.1 Å². The first kappa shape index (κ1) is 18.5. The molecule has 0 bridgehead atoms. The topological polar surface area (TPSA) is 65.7 Å². The lowest BCUT2D eigenvalue weighted by atomic mass is 10.1. The Morgan fingerprint density at radius 1 is 0.897 bits per heavy atom. The Morgan fingerprint density at radius 3 is 2.31 bits per heavy atom. The standard InChI is InChI=1S/C24H18O5/c1-16(28-18-10-6-3-7-11-18)24(26)29-19-12-13-20-22(14-19)27-15-21(23(20)25)17-8-4-2-5-9-17/h2-16H,1H3/t16-/m1/s1. The SMILES string of the molecule is C[C@@H](Oc1ccccc1)C(=O)Oc1ccc2c(=O)c(-c3ccccc3)coc2c1. The van der Waals surface area contributed by atoms with E-state index in [9.17, 15) is 9.59 Å². The minimum atomic E-state index is -0.791. The Kier molecular flexibility index (Phi) is 5.12. The van der Waals surface area contributed by atoms with Crippen molar-refractivity contribution >= 4 is 16.9 Å². The number of fused-ring (bicyclic) bond motifs is 1. The van der Waals surface area contributed by atoms with Gasteiger partial charge in [-0.3, -0.25) is 4.79 Å². The van der Waals surface area contributed by atoms with Gasteiger partial charge in [0.1, 0.15) is 23.3 Å². The second kappa shape index (κ2) is 8.02. The van der Waals surface area contributed by atoms with Crippen LogP contribution in [0.1, 0.15) is 6.92 Å². The summed E-state index contributed by atoms with van der Waals surface area (Å²) in [5, 5.41) is 0.416. The molecule has 0 saturated heterocycles. The van der Waals surface area contributed by atoms with Gasteiger partial charge in [-0.2, -0.15) is 0 Å². The fourth-order valence-electron chi connectivity index (χ4n) is 2.94. The van der Waals surface area contributed by atoms with E-state index in [4.69, 9.17) is 13.9 Å². The van der Waals surface area contributed by atoms with Crippen molar-refractivity contribution in [2.75, 3.05) is 0 Å². The van der Waals surface area contributed by atoms with Crippen molar-refractivity contribution < 1.29 is 18.7 Å². The van der Waals surface area contributed by atoms with E-state index in [2.05, 4.69) is 0 Å². The van der Waals surface area contributed by atoms with Crippen molar-refractivity contribution in [2.24, 2.45) is 0 Å². The predicted octanol–water partition coefficient (Wildman–Crippen LogP) is 4.83. The number of esters is 1. The molecular weight excluding hydrogens is 368 g/mol. The highest BCUT2D eigenvalue weighted by Gasteiger charge is 2.18. The zero-order valence-electron chi connectivity index (χ0n) is 15.7. The van der Waals surface area contributed by atoms with Gasteiger partial charge in [0, 0.05) is 6.07 Å². The molecule has 1 atom stereocenters. The number of para-hydroxylation sites is 1. The van der Waals surface area contributed by atoms with Crippen molar-refractivity contribution in [1.29, 1.82) is 0 Å². The van der Waals surface area contributed by atoms with Crippen molar-refractivity contribution in [2.45, 2.75) is 13.0 Å². The molecule has 1 aromatic heterocycles. The maximum absolute atomic E-state index is 12.8. The summed E-state index contributed by atoms with van der Waals surface area (Å²) in [4.78, 5) is 25.1. The molecule has 0 aliphatic heterocycles. The van der Waals surface area contributed by atoms with E-state index < -0.39 is 12.1 Å². The minimum absolute atomic E-state index is 0.142. The number of carbonyl (C=O) groups excluding carboxylic acids is 1. The molecule has 1 heterocycles.